The van der Waals surface area contributed by atoms with Crippen molar-refractivity contribution in [2.45, 2.75) is 18.4 Å². The second-order valence-electron chi connectivity index (χ2n) is 4.20. The maximum absolute atomic E-state index is 6.07. The van der Waals surface area contributed by atoms with Crippen molar-refractivity contribution in [1.82, 2.24) is 0 Å². The molecule has 1 aromatic rings. The summed E-state index contributed by atoms with van der Waals surface area (Å²) in [6, 6.07) is 8.31. The second kappa shape index (κ2) is 3.55. The first-order valence-electron chi connectivity index (χ1n) is 4.85. The van der Waals surface area contributed by atoms with Crippen molar-refractivity contribution in [3.8, 4) is 0 Å². The van der Waals surface area contributed by atoms with Crippen molar-refractivity contribution < 1.29 is 0 Å². The zero-order valence-electron chi connectivity index (χ0n) is 8.33. The van der Waals surface area contributed by atoms with Crippen LogP contribution in [0.1, 0.15) is 12.8 Å². The molecule has 0 radical (unpaired) electrons. The first-order valence-corrected chi connectivity index (χ1v) is 5.64. The zero-order valence-corrected chi connectivity index (χ0v) is 9.92. The highest BCUT2D eigenvalue weighted by Crippen LogP contribution is 2.34. The lowest BCUT2D eigenvalue weighted by atomic mass is 10.2. The number of nitrogens with zero attached hydrogens (tertiary/aromatic N) is 1. The molecule has 3 heteroatoms. The van der Waals surface area contributed by atoms with Crippen LogP contribution in [0.3, 0.4) is 0 Å². The number of benzene rings is 1. The van der Waals surface area contributed by atoms with Crippen molar-refractivity contribution >= 4 is 21.6 Å². The second-order valence-corrected chi connectivity index (χ2v) is 5.11. The molecule has 1 aliphatic rings. The Labute approximate surface area is 93.2 Å². The lowest BCUT2D eigenvalue weighted by molar-refractivity contribution is 0.660. The van der Waals surface area contributed by atoms with Gasteiger partial charge in [-0.05, 0) is 31.0 Å². The van der Waals surface area contributed by atoms with Gasteiger partial charge < -0.3 is 10.6 Å². The minimum Gasteiger partial charge on any atom is -0.373 e. The summed E-state index contributed by atoms with van der Waals surface area (Å²) >= 11 is 3.47. The number of halogens is 1. The van der Waals surface area contributed by atoms with E-state index in [9.17, 15) is 0 Å². The molecule has 0 aliphatic heterocycles. The van der Waals surface area contributed by atoms with E-state index in [2.05, 4.69) is 40.0 Å². The Hall–Kier alpha value is -0.540. The third-order valence-electron chi connectivity index (χ3n) is 2.69. The number of anilines is 1. The lowest BCUT2D eigenvalue weighted by Crippen LogP contribution is -2.37. The Kier molecular flexibility index (Phi) is 2.54. The fraction of sp³-hybridized carbons (Fsp3) is 0.455. The largest absolute Gasteiger partial charge is 0.373 e. The molecule has 0 aromatic heterocycles. The minimum atomic E-state index is 0.0804. The summed E-state index contributed by atoms with van der Waals surface area (Å²) in [4.78, 5) is 2.22. The Balaban J connectivity index is 2.06. The van der Waals surface area contributed by atoms with Gasteiger partial charge in [-0.3, -0.25) is 0 Å². The van der Waals surface area contributed by atoms with Gasteiger partial charge >= 0.3 is 0 Å². The summed E-state index contributed by atoms with van der Waals surface area (Å²) in [5.41, 5.74) is 7.37. The monoisotopic (exact) mass is 254 g/mol. The van der Waals surface area contributed by atoms with Crippen molar-refractivity contribution in [3.63, 3.8) is 0 Å². The van der Waals surface area contributed by atoms with Crippen molar-refractivity contribution in [2.75, 3.05) is 18.5 Å². The summed E-state index contributed by atoms with van der Waals surface area (Å²) in [6.45, 7) is 0.948. The Morgan fingerprint density at radius 3 is 2.79 bits per heavy atom. The molecular weight excluding hydrogens is 240 g/mol. The Morgan fingerprint density at radius 2 is 2.21 bits per heavy atom. The highest BCUT2D eigenvalue weighted by molar-refractivity contribution is 9.10. The quantitative estimate of drug-likeness (QED) is 0.898. The maximum Gasteiger partial charge on any atom is 0.0375 e. The van der Waals surface area contributed by atoms with E-state index in [4.69, 9.17) is 5.73 Å². The minimum absolute atomic E-state index is 0.0804. The van der Waals surface area contributed by atoms with Crippen LogP contribution in [0.5, 0.6) is 0 Å². The van der Waals surface area contributed by atoms with Gasteiger partial charge in [-0.1, -0.05) is 22.0 Å². The molecule has 0 amide bonds. The van der Waals surface area contributed by atoms with Crippen LogP contribution in [-0.2, 0) is 0 Å². The van der Waals surface area contributed by atoms with Gasteiger partial charge in [-0.15, -0.1) is 0 Å². The smallest absolute Gasteiger partial charge is 0.0375 e. The van der Waals surface area contributed by atoms with Gasteiger partial charge in [0.15, 0.2) is 0 Å². The van der Waals surface area contributed by atoms with Crippen LogP contribution < -0.4 is 10.6 Å². The molecule has 1 fully saturated rings. The van der Waals surface area contributed by atoms with Crippen LogP contribution >= 0.6 is 15.9 Å². The highest BCUT2D eigenvalue weighted by atomic mass is 79.9. The van der Waals surface area contributed by atoms with Crippen LogP contribution in [-0.4, -0.2) is 19.1 Å². The van der Waals surface area contributed by atoms with Gasteiger partial charge in [0.2, 0.25) is 0 Å². The lowest BCUT2D eigenvalue weighted by Gasteiger charge is -2.23. The van der Waals surface area contributed by atoms with E-state index < -0.39 is 0 Å². The van der Waals surface area contributed by atoms with Gasteiger partial charge in [-0.2, -0.15) is 0 Å². The number of rotatable bonds is 3. The molecule has 0 spiro atoms. The predicted octanol–water partition coefficient (Wildman–Crippen LogP) is 2.38. The SMILES string of the molecule is CN(CC1(N)CC1)c1cccc(Br)c1. The average molecular weight is 255 g/mol. The molecular formula is C11H15BrN2. The van der Waals surface area contributed by atoms with Crippen LogP contribution in [0.4, 0.5) is 5.69 Å². The molecule has 0 saturated heterocycles. The molecule has 1 saturated carbocycles. The van der Waals surface area contributed by atoms with E-state index in [1.165, 1.54) is 5.69 Å². The van der Waals surface area contributed by atoms with Gasteiger partial charge in [0.05, 0.1) is 0 Å². The van der Waals surface area contributed by atoms with E-state index in [0.29, 0.717) is 0 Å². The van der Waals surface area contributed by atoms with Crippen molar-refractivity contribution in [1.29, 1.82) is 0 Å². The Bertz CT molecular complexity index is 334. The van der Waals surface area contributed by atoms with Crippen LogP contribution in [0.25, 0.3) is 0 Å². The molecule has 1 aromatic carbocycles. The summed E-state index contributed by atoms with van der Waals surface area (Å²) in [7, 11) is 2.09. The molecule has 76 valence electrons. The molecule has 0 bridgehead atoms. The van der Waals surface area contributed by atoms with Gasteiger partial charge in [0, 0.05) is 29.3 Å². The fourth-order valence-electron chi connectivity index (χ4n) is 1.60. The van der Waals surface area contributed by atoms with E-state index in [1.807, 2.05) is 12.1 Å². The number of hydrogen-bond acceptors (Lipinski definition) is 2. The molecule has 0 unspecified atom stereocenters. The fourth-order valence-corrected chi connectivity index (χ4v) is 1.98. The van der Waals surface area contributed by atoms with Crippen molar-refractivity contribution in [3.05, 3.63) is 28.7 Å². The van der Waals surface area contributed by atoms with E-state index in [0.717, 1.165) is 23.9 Å². The third kappa shape index (κ3) is 2.28. The standard InChI is InChI=1S/C11H15BrN2/c1-14(8-11(13)5-6-11)10-4-2-3-9(12)7-10/h2-4,7H,5-6,8,13H2,1H3. The molecule has 2 nitrogen and oxygen atoms in total. The van der Waals surface area contributed by atoms with Gasteiger partial charge in [-0.25, -0.2) is 0 Å². The van der Waals surface area contributed by atoms with E-state index >= 15 is 0 Å². The van der Waals surface area contributed by atoms with Crippen LogP contribution in [0.15, 0.2) is 28.7 Å². The summed E-state index contributed by atoms with van der Waals surface area (Å²) in [5, 5.41) is 0. The van der Waals surface area contributed by atoms with E-state index in [1.54, 1.807) is 0 Å². The first kappa shape index (κ1) is 9.99. The highest BCUT2D eigenvalue weighted by Gasteiger charge is 2.39. The summed E-state index contributed by atoms with van der Waals surface area (Å²) in [6.07, 6.45) is 2.32. The number of nitrogens with two attached hydrogens (primary N) is 1. The molecule has 1 aliphatic carbocycles. The number of hydrogen-bond donors (Lipinski definition) is 1. The van der Waals surface area contributed by atoms with Crippen molar-refractivity contribution in [2.24, 2.45) is 5.73 Å². The van der Waals surface area contributed by atoms with E-state index in [-0.39, 0.29) is 5.54 Å². The topological polar surface area (TPSA) is 29.3 Å². The molecule has 0 heterocycles. The van der Waals surface area contributed by atoms with Crippen LogP contribution in [0.2, 0.25) is 0 Å². The number of likely N-dealkylation sites (N-methyl/N-ethyl adjacent to an activating group) is 1. The normalized spacial score (nSPS) is 17.9. The maximum atomic E-state index is 6.07. The summed E-state index contributed by atoms with van der Waals surface area (Å²) < 4.78 is 1.11. The molecule has 14 heavy (non-hydrogen) atoms. The predicted molar refractivity (Wildman–Crippen MR) is 63.6 cm³/mol. The summed E-state index contributed by atoms with van der Waals surface area (Å²) in [5.74, 6) is 0. The Morgan fingerprint density at radius 1 is 1.50 bits per heavy atom. The van der Waals surface area contributed by atoms with Crippen LogP contribution in [0, 0.1) is 0 Å². The first-order chi connectivity index (χ1) is 6.59. The zero-order chi connectivity index (χ0) is 10.2. The molecule has 2 N–H and O–H groups in total. The van der Waals surface area contributed by atoms with Gasteiger partial charge in [0.1, 0.15) is 0 Å². The molecule has 0 atom stereocenters. The van der Waals surface area contributed by atoms with Gasteiger partial charge in [0.25, 0.3) is 0 Å². The average Bonchev–Trinajstić information content (AvgIpc) is 2.83. The molecule has 2 rings (SSSR count). The third-order valence-corrected chi connectivity index (χ3v) is 3.19.